The van der Waals surface area contributed by atoms with Crippen molar-refractivity contribution < 1.29 is 8.42 Å². The molecule has 5 heteroatoms. The molecule has 1 aromatic heterocycles. The first-order valence-electron chi connectivity index (χ1n) is 5.95. The van der Waals surface area contributed by atoms with Crippen LogP contribution in [-0.4, -0.2) is 18.7 Å². The van der Waals surface area contributed by atoms with Gasteiger partial charge >= 0.3 is 0 Å². The molecule has 0 amide bonds. The van der Waals surface area contributed by atoms with Crippen LogP contribution in [0.4, 0.5) is 0 Å². The third-order valence-corrected chi connectivity index (χ3v) is 5.00. The summed E-state index contributed by atoms with van der Waals surface area (Å²) >= 11 is 6.19. The van der Waals surface area contributed by atoms with Crippen LogP contribution in [0.3, 0.4) is 0 Å². The number of fused-ring (bicyclic) bond motifs is 1. The predicted octanol–water partition coefficient (Wildman–Crippen LogP) is 3.25. The molecule has 0 aliphatic carbocycles. The normalized spacial score (nSPS) is 12.2. The topological polar surface area (TPSA) is 39.1 Å². The summed E-state index contributed by atoms with van der Waals surface area (Å²) in [6, 6.07) is 7.57. The number of rotatable bonds is 4. The summed E-state index contributed by atoms with van der Waals surface area (Å²) in [5.74, 6) is 0.230. The van der Waals surface area contributed by atoms with Gasteiger partial charge in [-0.2, -0.15) is 0 Å². The van der Waals surface area contributed by atoms with Crippen molar-refractivity contribution in [2.45, 2.75) is 26.1 Å². The molecule has 98 valence electrons. The van der Waals surface area contributed by atoms with E-state index in [1.807, 2.05) is 35.8 Å². The summed E-state index contributed by atoms with van der Waals surface area (Å²) in [7, 11) is -3.03. The zero-order valence-electron chi connectivity index (χ0n) is 10.5. The molecule has 0 spiro atoms. The van der Waals surface area contributed by atoms with Crippen molar-refractivity contribution in [2.24, 2.45) is 0 Å². The van der Waals surface area contributed by atoms with Crippen LogP contribution in [0.2, 0.25) is 5.02 Å². The molecule has 0 saturated heterocycles. The minimum atomic E-state index is -3.03. The average Bonchev–Trinajstić information content (AvgIpc) is 2.67. The second kappa shape index (κ2) is 4.94. The molecule has 1 aromatic carbocycles. The van der Waals surface area contributed by atoms with E-state index in [-0.39, 0.29) is 11.5 Å². The molecule has 0 aliphatic rings. The summed E-state index contributed by atoms with van der Waals surface area (Å²) in [6.45, 7) is 4.37. The van der Waals surface area contributed by atoms with Gasteiger partial charge in [-0.3, -0.25) is 0 Å². The fraction of sp³-hybridized carbons (Fsp3) is 0.385. The summed E-state index contributed by atoms with van der Waals surface area (Å²) < 4.78 is 25.5. The van der Waals surface area contributed by atoms with Gasteiger partial charge in [0.1, 0.15) is 0 Å². The maximum Gasteiger partial charge on any atom is 0.155 e. The lowest BCUT2D eigenvalue weighted by molar-refractivity contribution is 0.594. The van der Waals surface area contributed by atoms with Crippen LogP contribution in [0.15, 0.2) is 24.3 Å². The van der Waals surface area contributed by atoms with Gasteiger partial charge in [-0.1, -0.05) is 30.7 Å². The van der Waals surface area contributed by atoms with E-state index in [4.69, 9.17) is 11.6 Å². The van der Waals surface area contributed by atoms with Gasteiger partial charge in [-0.15, -0.1) is 0 Å². The van der Waals surface area contributed by atoms with Gasteiger partial charge in [0.05, 0.1) is 16.3 Å². The standard InChI is InChI=1S/C13H16ClNO2S/c1-3-15-11(9-18(16,17)4-2)8-10-6-5-7-12(14)13(10)15/h5-8H,3-4,9H2,1-2H3. The molecular weight excluding hydrogens is 270 g/mol. The van der Waals surface area contributed by atoms with Crippen molar-refractivity contribution in [3.63, 3.8) is 0 Å². The Bertz CT molecular complexity index is 674. The second-order valence-electron chi connectivity index (χ2n) is 4.23. The number of halogens is 1. The lowest BCUT2D eigenvalue weighted by atomic mass is 10.2. The van der Waals surface area contributed by atoms with Crippen molar-refractivity contribution >= 4 is 32.3 Å². The maximum absolute atomic E-state index is 11.8. The van der Waals surface area contributed by atoms with E-state index in [9.17, 15) is 8.42 Å². The first-order chi connectivity index (χ1) is 8.48. The molecule has 0 N–H and O–H groups in total. The zero-order valence-corrected chi connectivity index (χ0v) is 12.1. The minimum absolute atomic E-state index is 0.0718. The van der Waals surface area contributed by atoms with Crippen LogP contribution in [0, 0.1) is 0 Å². The smallest absolute Gasteiger partial charge is 0.155 e. The van der Waals surface area contributed by atoms with Crippen molar-refractivity contribution in [1.82, 2.24) is 4.57 Å². The SMILES string of the molecule is CCn1c(CS(=O)(=O)CC)cc2cccc(Cl)c21. The summed E-state index contributed by atoms with van der Waals surface area (Å²) in [5, 5.41) is 1.65. The van der Waals surface area contributed by atoms with E-state index in [1.54, 1.807) is 6.92 Å². The molecule has 2 aromatic rings. The molecule has 0 radical (unpaired) electrons. The molecule has 0 atom stereocenters. The molecule has 1 heterocycles. The van der Waals surface area contributed by atoms with E-state index in [0.29, 0.717) is 11.6 Å². The Morgan fingerprint density at radius 2 is 2.00 bits per heavy atom. The second-order valence-corrected chi connectivity index (χ2v) is 6.99. The Morgan fingerprint density at radius 3 is 2.61 bits per heavy atom. The summed E-state index contributed by atoms with van der Waals surface area (Å²) in [4.78, 5) is 0. The first-order valence-corrected chi connectivity index (χ1v) is 8.15. The molecule has 3 nitrogen and oxygen atoms in total. The van der Waals surface area contributed by atoms with Crippen LogP contribution in [-0.2, 0) is 22.1 Å². The first kappa shape index (κ1) is 13.4. The Balaban J connectivity index is 2.62. The monoisotopic (exact) mass is 285 g/mol. The molecular formula is C13H16ClNO2S. The van der Waals surface area contributed by atoms with Gasteiger partial charge in [0, 0.05) is 23.4 Å². The third-order valence-electron chi connectivity index (χ3n) is 3.08. The van der Waals surface area contributed by atoms with Crippen LogP contribution in [0.5, 0.6) is 0 Å². The van der Waals surface area contributed by atoms with Gasteiger partial charge < -0.3 is 4.57 Å². The van der Waals surface area contributed by atoms with E-state index >= 15 is 0 Å². The number of para-hydroxylation sites is 1. The highest BCUT2D eigenvalue weighted by atomic mass is 35.5. The van der Waals surface area contributed by atoms with E-state index in [0.717, 1.165) is 16.6 Å². The molecule has 18 heavy (non-hydrogen) atoms. The van der Waals surface area contributed by atoms with Crippen molar-refractivity contribution in [1.29, 1.82) is 0 Å². The van der Waals surface area contributed by atoms with Crippen molar-refractivity contribution in [3.05, 3.63) is 35.0 Å². The van der Waals surface area contributed by atoms with E-state index in [1.165, 1.54) is 0 Å². The molecule has 0 aliphatic heterocycles. The molecule has 0 unspecified atom stereocenters. The highest BCUT2D eigenvalue weighted by Crippen LogP contribution is 2.28. The average molecular weight is 286 g/mol. The quantitative estimate of drug-likeness (QED) is 0.865. The number of hydrogen-bond acceptors (Lipinski definition) is 2. The Labute approximate surface area is 112 Å². The van der Waals surface area contributed by atoms with Gasteiger partial charge in [0.2, 0.25) is 0 Å². The molecule has 2 rings (SSSR count). The van der Waals surface area contributed by atoms with E-state index < -0.39 is 9.84 Å². The summed E-state index contributed by atoms with van der Waals surface area (Å²) in [5.41, 5.74) is 1.73. The number of nitrogens with zero attached hydrogens (tertiary/aromatic N) is 1. The largest absolute Gasteiger partial charge is 0.343 e. The van der Waals surface area contributed by atoms with Crippen LogP contribution < -0.4 is 0 Å². The van der Waals surface area contributed by atoms with Gasteiger partial charge in [-0.25, -0.2) is 8.42 Å². The number of benzene rings is 1. The van der Waals surface area contributed by atoms with Crippen LogP contribution in [0.1, 0.15) is 19.5 Å². The molecule has 0 bridgehead atoms. The number of aromatic nitrogens is 1. The Hall–Kier alpha value is -1.00. The zero-order chi connectivity index (χ0) is 13.3. The van der Waals surface area contributed by atoms with Gasteiger partial charge in [0.25, 0.3) is 0 Å². The maximum atomic E-state index is 11.8. The Kier molecular flexibility index (Phi) is 3.69. The Morgan fingerprint density at radius 1 is 1.28 bits per heavy atom. The predicted molar refractivity (Wildman–Crippen MR) is 75.8 cm³/mol. The van der Waals surface area contributed by atoms with Crippen molar-refractivity contribution in [3.8, 4) is 0 Å². The van der Waals surface area contributed by atoms with Crippen LogP contribution >= 0.6 is 11.6 Å². The van der Waals surface area contributed by atoms with Crippen molar-refractivity contribution in [2.75, 3.05) is 5.75 Å². The highest BCUT2D eigenvalue weighted by molar-refractivity contribution is 7.90. The molecule has 0 fully saturated rings. The number of hydrogen-bond donors (Lipinski definition) is 0. The fourth-order valence-electron chi connectivity index (χ4n) is 2.14. The minimum Gasteiger partial charge on any atom is -0.343 e. The van der Waals surface area contributed by atoms with Gasteiger partial charge in [-0.05, 0) is 19.1 Å². The fourth-order valence-corrected chi connectivity index (χ4v) is 3.32. The highest BCUT2D eigenvalue weighted by Gasteiger charge is 2.16. The van der Waals surface area contributed by atoms with E-state index in [2.05, 4.69) is 0 Å². The lowest BCUT2D eigenvalue weighted by Gasteiger charge is -2.08. The van der Waals surface area contributed by atoms with Crippen LogP contribution in [0.25, 0.3) is 10.9 Å². The summed E-state index contributed by atoms with van der Waals surface area (Å²) in [6.07, 6.45) is 0. The van der Waals surface area contributed by atoms with Gasteiger partial charge in [0.15, 0.2) is 9.84 Å². The molecule has 0 saturated carbocycles. The lowest BCUT2D eigenvalue weighted by Crippen LogP contribution is -2.10. The number of sulfone groups is 1. The third kappa shape index (κ3) is 2.40. The number of aryl methyl sites for hydroxylation is 1.